The van der Waals surface area contributed by atoms with Crippen molar-refractivity contribution >= 4 is 34.0 Å². The molecule has 0 aliphatic carbocycles. The molecular formula is C38H34F3N9O3. The maximum Gasteiger partial charge on any atom is 0.573 e. The highest BCUT2D eigenvalue weighted by Crippen LogP contribution is 2.43. The summed E-state index contributed by atoms with van der Waals surface area (Å²) < 4.78 is 44.2. The van der Waals surface area contributed by atoms with Crippen LogP contribution in [-0.2, 0) is 16.6 Å². The molecule has 270 valence electrons. The molecule has 53 heavy (non-hydrogen) atoms. The zero-order valence-electron chi connectivity index (χ0n) is 28.7. The number of hydrogen-bond donors (Lipinski definition) is 1. The van der Waals surface area contributed by atoms with Crippen molar-refractivity contribution in [3.05, 3.63) is 84.2 Å². The summed E-state index contributed by atoms with van der Waals surface area (Å²) >= 11 is 0. The summed E-state index contributed by atoms with van der Waals surface area (Å²) in [6.07, 6.45) is 0.921. The number of hydrogen-bond acceptors (Lipinski definition) is 8. The number of halogens is 3. The monoisotopic (exact) mass is 721 g/mol. The Morgan fingerprint density at radius 1 is 1.02 bits per heavy atom. The Hall–Kier alpha value is -6.01. The second kappa shape index (κ2) is 13.2. The second-order valence-electron chi connectivity index (χ2n) is 13.8. The van der Waals surface area contributed by atoms with Gasteiger partial charge in [0.2, 0.25) is 11.8 Å². The molecular weight excluding hydrogens is 687 g/mol. The molecule has 1 atom stereocenters. The van der Waals surface area contributed by atoms with Gasteiger partial charge in [-0.3, -0.25) is 24.3 Å². The van der Waals surface area contributed by atoms with Crippen LogP contribution in [0, 0.1) is 16.7 Å². The summed E-state index contributed by atoms with van der Waals surface area (Å²) in [5.41, 5.74) is 4.60. The average Bonchev–Trinajstić information content (AvgIpc) is 3.95. The van der Waals surface area contributed by atoms with Crippen LogP contribution in [0.3, 0.4) is 0 Å². The Labute approximate surface area is 302 Å². The minimum Gasteiger partial charge on any atom is -0.404 e. The number of fused-ring (bicyclic) bond motifs is 1. The molecule has 5 heterocycles. The van der Waals surface area contributed by atoms with Crippen LogP contribution in [0.5, 0.6) is 5.75 Å². The molecule has 3 aliphatic rings. The van der Waals surface area contributed by atoms with E-state index in [1.54, 1.807) is 28.0 Å². The number of carbonyl (C=O) groups excluding carboxylic acids is 2. The first kappa shape index (κ1) is 34.1. The van der Waals surface area contributed by atoms with E-state index in [1.165, 1.54) is 17.7 Å². The molecule has 0 radical (unpaired) electrons. The lowest BCUT2D eigenvalue weighted by Crippen LogP contribution is -2.43. The first-order valence-electron chi connectivity index (χ1n) is 17.2. The minimum absolute atomic E-state index is 0.00709. The summed E-state index contributed by atoms with van der Waals surface area (Å²) in [5.74, 6) is 0.141. The summed E-state index contributed by atoms with van der Waals surface area (Å²) in [6, 6.07) is 19.2. The predicted octanol–water partition coefficient (Wildman–Crippen LogP) is 5.54. The number of anilines is 1. The number of aromatic nitrogens is 5. The fourth-order valence-electron chi connectivity index (χ4n) is 7.66. The molecule has 1 N–H and O–H groups in total. The highest BCUT2D eigenvalue weighted by molar-refractivity contribution is 6.03. The minimum atomic E-state index is -4.93. The van der Waals surface area contributed by atoms with Gasteiger partial charge in [-0.2, -0.15) is 15.5 Å². The fourth-order valence-corrected chi connectivity index (χ4v) is 7.66. The van der Waals surface area contributed by atoms with Gasteiger partial charge >= 0.3 is 6.36 Å². The van der Waals surface area contributed by atoms with Crippen molar-refractivity contribution < 1.29 is 27.5 Å². The van der Waals surface area contributed by atoms with Gasteiger partial charge in [-0.15, -0.1) is 13.2 Å². The van der Waals surface area contributed by atoms with Crippen molar-refractivity contribution in [1.29, 1.82) is 5.26 Å². The first-order chi connectivity index (χ1) is 25.5. The number of rotatable bonds is 7. The topological polar surface area (TPSA) is 136 Å². The normalized spacial score (nSPS) is 19.3. The van der Waals surface area contributed by atoms with Crippen LogP contribution in [0.4, 0.5) is 18.9 Å². The Bertz CT molecular complexity index is 2310. The third-order valence-corrected chi connectivity index (χ3v) is 10.4. The molecule has 15 heteroatoms. The third-order valence-electron chi connectivity index (χ3n) is 10.4. The number of ether oxygens (including phenoxy) is 1. The zero-order chi connectivity index (χ0) is 36.9. The van der Waals surface area contributed by atoms with E-state index in [2.05, 4.69) is 48.1 Å². The molecule has 0 unspecified atom stereocenters. The Kier molecular flexibility index (Phi) is 8.49. The molecule has 3 aliphatic heterocycles. The van der Waals surface area contributed by atoms with E-state index in [0.29, 0.717) is 79.2 Å². The Morgan fingerprint density at radius 3 is 2.51 bits per heavy atom. The number of aromatic amines is 1. The lowest BCUT2D eigenvalue weighted by Gasteiger charge is -2.29. The number of alkyl halides is 3. The van der Waals surface area contributed by atoms with E-state index in [4.69, 9.17) is 0 Å². The molecule has 0 bridgehead atoms. The summed E-state index contributed by atoms with van der Waals surface area (Å²) in [5, 5.41) is 21.8. The summed E-state index contributed by atoms with van der Waals surface area (Å²) in [7, 11) is 1.84. The number of aryl methyl sites for hydroxylation is 1. The van der Waals surface area contributed by atoms with Crippen LogP contribution in [0.15, 0.2) is 73.1 Å². The quantitative estimate of drug-likeness (QED) is 0.232. The smallest absolute Gasteiger partial charge is 0.404 e. The number of carbonyl (C=O) groups is 2. The van der Waals surface area contributed by atoms with Crippen molar-refractivity contribution in [1.82, 2.24) is 34.8 Å². The lowest BCUT2D eigenvalue weighted by atomic mass is 9.85. The van der Waals surface area contributed by atoms with Crippen molar-refractivity contribution in [3.63, 3.8) is 0 Å². The second-order valence-corrected chi connectivity index (χ2v) is 13.8. The number of nitrogens with one attached hydrogen (secondary N) is 1. The summed E-state index contributed by atoms with van der Waals surface area (Å²) in [6.45, 7) is 3.08. The van der Waals surface area contributed by atoms with Gasteiger partial charge in [-0.1, -0.05) is 30.3 Å². The number of nitrogens with zero attached hydrogens (tertiary/aromatic N) is 8. The average molecular weight is 722 g/mol. The number of likely N-dealkylation sites (tertiary alicyclic amines) is 1. The van der Waals surface area contributed by atoms with Crippen LogP contribution < -0.4 is 9.64 Å². The molecule has 1 spiro atoms. The molecule has 8 rings (SSSR count). The maximum atomic E-state index is 14.0. The van der Waals surface area contributed by atoms with E-state index in [-0.39, 0.29) is 23.9 Å². The van der Waals surface area contributed by atoms with E-state index in [1.807, 2.05) is 36.2 Å². The Balaban J connectivity index is 0.905. The number of amides is 2. The molecule has 2 fully saturated rings. The highest BCUT2D eigenvalue weighted by Gasteiger charge is 2.51. The first-order valence-corrected chi connectivity index (χ1v) is 17.2. The lowest BCUT2D eigenvalue weighted by molar-refractivity contribution is -0.274. The maximum absolute atomic E-state index is 14.0. The van der Waals surface area contributed by atoms with E-state index >= 15 is 0 Å². The summed E-state index contributed by atoms with van der Waals surface area (Å²) in [4.78, 5) is 37.5. The van der Waals surface area contributed by atoms with Gasteiger partial charge in [0.05, 0.1) is 23.0 Å². The van der Waals surface area contributed by atoms with Crippen molar-refractivity contribution in [3.8, 4) is 34.5 Å². The van der Waals surface area contributed by atoms with Gasteiger partial charge in [0.25, 0.3) is 0 Å². The van der Waals surface area contributed by atoms with Crippen LogP contribution in [0.2, 0.25) is 0 Å². The van der Waals surface area contributed by atoms with Gasteiger partial charge < -0.3 is 14.5 Å². The van der Waals surface area contributed by atoms with E-state index in [9.17, 15) is 28.0 Å². The fraction of sp³-hybridized carbons (Fsp3) is 0.316. The van der Waals surface area contributed by atoms with Gasteiger partial charge in [-0.25, -0.2) is 4.98 Å². The number of H-pyrrole nitrogens is 1. The van der Waals surface area contributed by atoms with Gasteiger partial charge in [-0.05, 0) is 73.3 Å². The number of benzene rings is 3. The van der Waals surface area contributed by atoms with Gasteiger partial charge in [0.15, 0.2) is 5.82 Å². The molecule has 12 nitrogen and oxygen atoms in total. The third kappa shape index (κ3) is 6.62. The molecule has 2 amide bonds. The standard InChI is InChI=1S/C38H34F3N9O3/c1-47-23-43-35(46-47)26-4-2-24(3-5-26)25-10-14-49(15-11-25)33(51)21-48-16-12-37(22-48)13-17-50(36(37)52)29-7-8-31-30(19-29)34(45-44-31)27-6-9-32(28(18-27)20-42)53-38(39,40)41/h2-10,18-19,23H,11-17,21-22H2,1H3,(H,44,45)/t37-/m0/s1. The van der Waals surface area contributed by atoms with Crippen molar-refractivity contribution in [2.24, 2.45) is 12.5 Å². The number of nitriles is 1. The predicted molar refractivity (Wildman–Crippen MR) is 189 cm³/mol. The SMILES string of the molecule is Cn1cnc(-c2ccc(C3=CCN(C(=O)CN4CC[C@]5(CCN(c6ccc7[nH]nc(-c8ccc(OC(F)(F)F)c(C#N)c8)c7c6)C5=O)C4)CC3)cc2)n1. The van der Waals surface area contributed by atoms with Crippen LogP contribution in [0.25, 0.3) is 39.1 Å². The Morgan fingerprint density at radius 2 is 1.79 bits per heavy atom. The van der Waals surface area contributed by atoms with Crippen molar-refractivity contribution in [2.75, 3.05) is 44.2 Å². The van der Waals surface area contributed by atoms with Gasteiger partial charge in [0.1, 0.15) is 23.8 Å². The van der Waals surface area contributed by atoms with Crippen LogP contribution in [-0.4, -0.2) is 92.2 Å². The zero-order valence-corrected chi connectivity index (χ0v) is 28.7. The van der Waals surface area contributed by atoms with Crippen LogP contribution in [0.1, 0.15) is 30.4 Å². The molecule has 3 aromatic carbocycles. The van der Waals surface area contributed by atoms with Crippen molar-refractivity contribution in [2.45, 2.75) is 25.6 Å². The van der Waals surface area contributed by atoms with Crippen LogP contribution >= 0.6 is 0 Å². The van der Waals surface area contributed by atoms with E-state index in [0.717, 1.165) is 23.6 Å². The molecule has 0 saturated carbocycles. The van der Waals surface area contributed by atoms with Gasteiger partial charge in [0, 0.05) is 55.4 Å². The molecule has 2 saturated heterocycles. The largest absolute Gasteiger partial charge is 0.573 e. The van der Waals surface area contributed by atoms with E-state index < -0.39 is 17.5 Å². The highest BCUT2D eigenvalue weighted by atomic mass is 19.4. The molecule has 5 aromatic rings. The molecule has 2 aromatic heterocycles.